The minimum atomic E-state index is -0.899. The summed E-state index contributed by atoms with van der Waals surface area (Å²) in [6, 6.07) is 3.35. The number of aliphatic carboxylic acids is 2. The predicted octanol–water partition coefficient (Wildman–Crippen LogP) is 4.09. The van der Waals surface area contributed by atoms with Crippen LogP contribution in [0.5, 0.6) is 11.5 Å². The number of imide groups is 2. The van der Waals surface area contributed by atoms with Crippen molar-refractivity contribution < 1.29 is 48.8 Å². The van der Waals surface area contributed by atoms with Crippen LogP contribution in [0.4, 0.5) is 0 Å². The fraction of sp³-hybridized carbons (Fsp3) is 0.576. The van der Waals surface area contributed by atoms with E-state index in [0.29, 0.717) is 55.0 Å². The molecule has 46 heavy (non-hydrogen) atoms. The Labute approximate surface area is 274 Å². The summed E-state index contributed by atoms with van der Waals surface area (Å²) in [5.74, 6) is -6.68. The van der Waals surface area contributed by atoms with Crippen LogP contribution in [-0.2, 0) is 28.8 Å². The van der Waals surface area contributed by atoms with E-state index in [4.69, 9.17) is 14.9 Å². The number of amides is 4. The molecule has 12 nitrogen and oxygen atoms in total. The lowest BCUT2D eigenvalue weighted by atomic mass is 9.57. The fourth-order valence-electron chi connectivity index (χ4n) is 7.91. The van der Waals surface area contributed by atoms with Gasteiger partial charge in [0.1, 0.15) is 0 Å². The topological polar surface area (TPSA) is 179 Å². The van der Waals surface area contributed by atoms with Gasteiger partial charge in [0.05, 0.1) is 35.3 Å². The van der Waals surface area contributed by atoms with E-state index in [-0.39, 0.29) is 67.5 Å². The summed E-state index contributed by atoms with van der Waals surface area (Å²) in [7, 11) is 1.41. The second-order valence-electron chi connectivity index (χ2n) is 12.6. The zero-order valence-electron chi connectivity index (χ0n) is 25.7. The zero-order valence-corrected chi connectivity index (χ0v) is 27.2. The van der Waals surface area contributed by atoms with Gasteiger partial charge in [0.15, 0.2) is 11.5 Å². The van der Waals surface area contributed by atoms with Crippen molar-refractivity contribution in [1.82, 2.24) is 9.80 Å². The molecule has 5 rings (SSSR count). The Balaban J connectivity index is 1.45. The lowest BCUT2D eigenvalue weighted by molar-refractivity contribution is -0.142. The van der Waals surface area contributed by atoms with Gasteiger partial charge in [0, 0.05) is 31.8 Å². The summed E-state index contributed by atoms with van der Waals surface area (Å²) < 4.78 is 5.76. The number of nitrogens with zero attached hydrogens (tertiary/aromatic N) is 2. The van der Waals surface area contributed by atoms with Crippen LogP contribution in [0.3, 0.4) is 0 Å². The van der Waals surface area contributed by atoms with Crippen molar-refractivity contribution >= 4 is 51.5 Å². The maximum absolute atomic E-state index is 14.0. The summed E-state index contributed by atoms with van der Waals surface area (Å²) in [6.45, 7) is 0.374. The molecular weight excluding hydrogens is 664 g/mol. The van der Waals surface area contributed by atoms with Gasteiger partial charge in [-0.3, -0.25) is 38.6 Å². The summed E-state index contributed by atoms with van der Waals surface area (Å²) in [5, 5.41) is 28.4. The average molecular weight is 704 g/mol. The number of carbonyl (C=O) groups excluding carboxylic acids is 4. The molecular formula is C33H39BrN2O10. The molecule has 2 aliphatic carbocycles. The van der Waals surface area contributed by atoms with Crippen molar-refractivity contribution in [3.05, 3.63) is 33.8 Å². The molecule has 0 aromatic heterocycles. The van der Waals surface area contributed by atoms with Crippen LogP contribution >= 0.6 is 15.9 Å². The number of rotatable bonds is 14. The maximum Gasteiger partial charge on any atom is 0.303 e. The highest BCUT2D eigenvalue weighted by Gasteiger charge is 2.61. The first-order valence-corrected chi connectivity index (χ1v) is 16.7. The van der Waals surface area contributed by atoms with Gasteiger partial charge in [-0.15, -0.1) is 0 Å². The van der Waals surface area contributed by atoms with Crippen molar-refractivity contribution in [1.29, 1.82) is 0 Å². The third-order valence-electron chi connectivity index (χ3n) is 10.0. The molecule has 248 valence electrons. The van der Waals surface area contributed by atoms with Gasteiger partial charge in [-0.05, 0) is 78.1 Å². The minimum absolute atomic E-state index is 0.0112. The highest BCUT2D eigenvalue weighted by molar-refractivity contribution is 9.10. The highest BCUT2D eigenvalue weighted by atomic mass is 79.9. The number of phenols is 1. The summed E-state index contributed by atoms with van der Waals surface area (Å²) in [5.41, 5.74) is 1.47. The Morgan fingerprint density at radius 1 is 0.804 bits per heavy atom. The van der Waals surface area contributed by atoms with Crippen LogP contribution in [0.2, 0.25) is 0 Å². The Hall–Kier alpha value is -3.74. The highest BCUT2D eigenvalue weighted by Crippen LogP contribution is 2.58. The second-order valence-corrected chi connectivity index (χ2v) is 13.5. The number of allylic oxidation sites excluding steroid dienone is 2. The average Bonchev–Trinajstić information content (AvgIpc) is 3.40. The number of hydrogen-bond donors (Lipinski definition) is 3. The lowest BCUT2D eigenvalue weighted by Gasteiger charge is -2.44. The van der Waals surface area contributed by atoms with Crippen LogP contribution in [-0.4, -0.2) is 80.9 Å². The molecule has 0 spiro atoms. The number of unbranched alkanes of at least 4 members (excludes halogenated alkanes) is 4. The van der Waals surface area contributed by atoms with E-state index in [9.17, 15) is 33.9 Å². The molecule has 2 saturated heterocycles. The summed E-state index contributed by atoms with van der Waals surface area (Å²) in [6.07, 6.45) is 5.52. The molecule has 1 saturated carbocycles. The van der Waals surface area contributed by atoms with E-state index in [1.54, 1.807) is 12.1 Å². The van der Waals surface area contributed by atoms with Crippen molar-refractivity contribution in [3.8, 4) is 11.5 Å². The number of benzene rings is 1. The number of methoxy groups -OCH3 is 1. The van der Waals surface area contributed by atoms with E-state index >= 15 is 0 Å². The molecule has 3 N–H and O–H groups in total. The van der Waals surface area contributed by atoms with Crippen molar-refractivity contribution in [3.63, 3.8) is 0 Å². The van der Waals surface area contributed by atoms with Crippen molar-refractivity contribution in [2.24, 2.45) is 29.6 Å². The van der Waals surface area contributed by atoms with Crippen molar-refractivity contribution in [2.45, 2.75) is 70.1 Å². The van der Waals surface area contributed by atoms with Crippen LogP contribution in [0.1, 0.15) is 75.7 Å². The first kappa shape index (κ1) is 33.6. The number of ether oxygens (including phenoxy) is 1. The van der Waals surface area contributed by atoms with Gasteiger partial charge in [-0.1, -0.05) is 24.5 Å². The number of carboxylic acids is 2. The van der Waals surface area contributed by atoms with Gasteiger partial charge >= 0.3 is 11.9 Å². The Morgan fingerprint density at radius 3 is 1.93 bits per heavy atom. The second kappa shape index (κ2) is 13.9. The molecule has 4 aliphatic rings. The molecule has 4 amide bonds. The standard InChI is InChI=1S/C33H39BrN2O10/c1-46-23-15-17(14-22(34)29(23)41)26-18-10-11-19-27(32(44)35(30(19)42)12-6-2-4-8-24(37)38)20(18)16-21-28(26)33(45)36(31(21)43)13-7-3-5-9-25(39)40/h10,14-15,19-21,26-28,41H,2-9,11-13,16H2,1H3,(H,37,38)(H,39,40)/t19-,20+,21+,26-,27-,28+/m0/s1. The van der Waals surface area contributed by atoms with Crippen LogP contribution in [0.15, 0.2) is 28.3 Å². The fourth-order valence-corrected chi connectivity index (χ4v) is 8.37. The lowest BCUT2D eigenvalue weighted by Crippen LogP contribution is -2.43. The van der Waals surface area contributed by atoms with E-state index in [1.165, 1.54) is 16.9 Å². The number of fused-ring (bicyclic) bond motifs is 4. The Kier molecular flexibility index (Phi) is 10.2. The molecule has 3 fully saturated rings. The van der Waals surface area contributed by atoms with Crippen molar-refractivity contribution in [2.75, 3.05) is 20.2 Å². The van der Waals surface area contributed by atoms with Crippen LogP contribution in [0.25, 0.3) is 0 Å². The predicted molar refractivity (Wildman–Crippen MR) is 166 cm³/mol. The molecule has 0 bridgehead atoms. The quantitative estimate of drug-likeness (QED) is 0.145. The molecule has 2 aliphatic heterocycles. The number of carbonyl (C=O) groups is 6. The van der Waals surface area contributed by atoms with E-state index in [0.717, 1.165) is 5.57 Å². The summed E-state index contributed by atoms with van der Waals surface area (Å²) in [4.78, 5) is 79.6. The van der Waals surface area contributed by atoms with Gasteiger partial charge in [-0.25, -0.2) is 0 Å². The molecule has 2 heterocycles. The molecule has 1 aromatic carbocycles. The minimum Gasteiger partial charge on any atom is -0.503 e. The zero-order chi connectivity index (χ0) is 33.3. The van der Waals surface area contributed by atoms with Crippen LogP contribution < -0.4 is 4.74 Å². The smallest absolute Gasteiger partial charge is 0.303 e. The third-order valence-corrected chi connectivity index (χ3v) is 10.6. The first-order chi connectivity index (χ1) is 22.0. The monoisotopic (exact) mass is 702 g/mol. The number of likely N-dealkylation sites (tertiary alicyclic amines) is 2. The van der Waals surface area contributed by atoms with E-state index in [2.05, 4.69) is 15.9 Å². The van der Waals surface area contributed by atoms with Gasteiger partial charge in [0.25, 0.3) is 0 Å². The number of aromatic hydroxyl groups is 1. The van der Waals surface area contributed by atoms with Gasteiger partial charge in [-0.2, -0.15) is 0 Å². The number of halogens is 1. The Bertz CT molecular complexity index is 1470. The molecule has 6 atom stereocenters. The molecule has 13 heteroatoms. The largest absolute Gasteiger partial charge is 0.503 e. The van der Waals surface area contributed by atoms with Crippen LogP contribution in [0, 0.1) is 29.6 Å². The first-order valence-electron chi connectivity index (χ1n) is 15.9. The molecule has 1 aromatic rings. The van der Waals surface area contributed by atoms with E-state index < -0.39 is 47.4 Å². The Morgan fingerprint density at radius 2 is 1.37 bits per heavy atom. The van der Waals surface area contributed by atoms with Gasteiger partial charge < -0.3 is 20.1 Å². The maximum atomic E-state index is 14.0. The normalized spacial score (nSPS) is 27.0. The van der Waals surface area contributed by atoms with E-state index in [1.807, 2.05) is 6.08 Å². The SMILES string of the molecule is COc1cc([C@H]2C3=CC[C@@H]4C(=O)N(CCCCCC(=O)O)C(=O)[C@@H]4[C@@H]3C[C@H]3C(=O)N(CCCCCC(=O)O)C(=O)[C@@H]23)cc(Br)c1O. The summed E-state index contributed by atoms with van der Waals surface area (Å²) >= 11 is 3.38. The number of phenolic OH excluding ortho intramolecular Hbond substituents is 1. The van der Waals surface area contributed by atoms with Gasteiger partial charge in [0.2, 0.25) is 23.6 Å². The number of hydrogen-bond acceptors (Lipinski definition) is 8. The molecule has 0 radical (unpaired) electrons. The molecule has 0 unspecified atom stereocenters. The third kappa shape index (κ3) is 6.30. The number of carboxylic acid groups (broad SMARTS) is 2.